The number of carbonyl (C=O) groups excluding carboxylic acids is 1. The molecule has 0 aromatic heterocycles. The Balaban J connectivity index is 2.06. The van der Waals surface area contributed by atoms with E-state index in [1.807, 2.05) is 45.0 Å². The fourth-order valence-electron chi connectivity index (χ4n) is 2.51. The molecule has 0 radical (unpaired) electrons. The Morgan fingerprint density at radius 1 is 1.17 bits per heavy atom. The second-order valence-electron chi connectivity index (χ2n) is 5.31. The van der Waals surface area contributed by atoms with Crippen molar-refractivity contribution in [1.82, 2.24) is 10.2 Å². The van der Waals surface area contributed by atoms with Crippen molar-refractivity contribution in [1.29, 1.82) is 0 Å². The van der Waals surface area contributed by atoms with Crippen LogP contribution in [-0.4, -0.2) is 35.7 Å². The molecule has 1 aliphatic rings. The maximum absolute atomic E-state index is 12.3. The van der Waals surface area contributed by atoms with Crippen molar-refractivity contribution in [3.05, 3.63) is 35.5 Å². The number of nitrogens with one attached hydrogen (secondary N) is 1. The smallest absolute Gasteiger partial charge is 0.276 e. The van der Waals surface area contributed by atoms with Gasteiger partial charge < -0.3 is 14.8 Å². The van der Waals surface area contributed by atoms with Crippen LogP contribution >= 0.6 is 12.2 Å². The van der Waals surface area contributed by atoms with E-state index in [0.29, 0.717) is 37.0 Å². The van der Waals surface area contributed by atoms with Gasteiger partial charge in [-0.05, 0) is 56.6 Å². The summed E-state index contributed by atoms with van der Waals surface area (Å²) in [6, 6.07) is 5.87. The van der Waals surface area contributed by atoms with Crippen molar-refractivity contribution >= 4 is 23.2 Å². The monoisotopic (exact) mass is 348 g/mol. The average Bonchev–Trinajstić information content (AvgIpc) is 2.82. The maximum atomic E-state index is 12.3. The fourth-order valence-corrected chi connectivity index (χ4v) is 2.80. The molecular weight excluding hydrogens is 324 g/mol. The quantitative estimate of drug-likeness (QED) is 0.578. The Kier molecular flexibility index (Phi) is 6.61. The number of benzene rings is 1. The molecule has 1 amide bonds. The molecule has 130 valence electrons. The van der Waals surface area contributed by atoms with E-state index in [1.54, 1.807) is 4.90 Å². The van der Waals surface area contributed by atoms with Gasteiger partial charge in [-0.15, -0.1) is 0 Å². The number of thiocarbonyl (C=S) groups is 1. The summed E-state index contributed by atoms with van der Waals surface area (Å²) in [6.45, 7) is 7.57. The molecule has 6 heteroatoms. The molecule has 1 saturated heterocycles. The minimum Gasteiger partial charge on any atom is -0.490 e. The summed E-state index contributed by atoms with van der Waals surface area (Å²) >= 11 is 5.26. The van der Waals surface area contributed by atoms with Crippen LogP contribution in [0.4, 0.5) is 0 Å². The normalized spacial score (nSPS) is 15.8. The zero-order valence-corrected chi connectivity index (χ0v) is 15.2. The molecular formula is C18H24N2O3S. The highest BCUT2D eigenvalue weighted by Gasteiger charge is 2.29. The number of hydrogen-bond acceptors (Lipinski definition) is 4. The lowest BCUT2D eigenvalue weighted by molar-refractivity contribution is -0.122. The van der Waals surface area contributed by atoms with Gasteiger partial charge in [0.05, 0.1) is 13.2 Å². The van der Waals surface area contributed by atoms with E-state index in [-0.39, 0.29) is 5.91 Å². The number of ether oxygens (including phenoxy) is 2. The Morgan fingerprint density at radius 3 is 2.54 bits per heavy atom. The van der Waals surface area contributed by atoms with Crippen LogP contribution in [-0.2, 0) is 11.2 Å². The standard InChI is InChI=1S/C18H24N2O3S/c1-4-7-14-17(21)20(18(24)19-14)11-10-13-8-9-15(22-5-2)16(12-13)23-6-3/h7-9,12H,4-6,10-11H2,1-3H3,(H,19,24)/b14-7+. The van der Waals surface area contributed by atoms with E-state index >= 15 is 0 Å². The zero-order valence-electron chi connectivity index (χ0n) is 14.4. The molecule has 0 atom stereocenters. The molecule has 1 aromatic rings. The second kappa shape index (κ2) is 8.68. The van der Waals surface area contributed by atoms with Crippen LogP contribution < -0.4 is 14.8 Å². The van der Waals surface area contributed by atoms with Gasteiger partial charge >= 0.3 is 0 Å². The van der Waals surface area contributed by atoms with Crippen LogP contribution in [0.25, 0.3) is 0 Å². The van der Waals surface area contributed by atoms with Gasteiger partial charge in [-0.3, -0.25) is 9.69 Å². The molecule has 0 unspecified atom stereocenters. The first-order valence-corrected chi connectivity index (χ1v) is 8.73. The van der Waals surface area contributed by atoms with E-state index in [9.17, 15) is 4.79 Å². The van der Waals surface area contributed by atoms with Crippen LogP contribution in [0, 0.1) is 0 Å². The largest absolute Gasteiger partial charge is 0.490 e. The van der Waals surface area contributed by atoms with E-state index in [0.717, 1.165) is 23.5 Å². The number of rotatable bonds is 8. The van der Waals surface area contributed by atoms with Crippen molar-refractivity contribution in [2.24, 2.45) is 0 Å². The van der Waals surface area contributed by atoms with Crippen LogP contribution in [0.15, 0.2) is 30.0 Å². The van der Waals surface area contributed by atoms with Gasteiger partial charge in [-0.1, -0.05) is 19.1 Å². The summed E-state index contributed by atoms with van der Waals surface area (Å²) in [5.41, 5.74) is 1.65. The zero-order chi connectivity index (χ0) is 17.5. The first-order valence-electron chi connectivity index (χ1n) is 8.32. The maximum Gasteiger partial charge on any atom is 0.276 e. The van der Waals surface area contributed by atoms with Crippen molar-refractivity contribution in [3.8, 4) is 11.5 Å². The SMILES string of the molecule is CC/C=C1/NC(=S)N(CCc2ccc(OCC)c(OCC)c2)C1=O. The fraction of sp³-hybridized carbons (Fsp3) is 0.444. The van der Waals surface area contributed by atoms with Crippen molar-refractivity contribution in [2.75, 3.05) is 19.8 Å². The van der Waals surface area contributed by atoms with E-state index in [2.05, 4.69) is 5.32 Å². The molecule has 1 heterocycles. The predicted molar refractivity (Wildman–Crippen MR) is 98.3 cm³/mol. The van der Waals surface area contributed by atoms with Crippen molar-refractivity contribution < 1.29 is 14.3 Å². The lowest BCUT2D eigenvalue weighted by Gasteiger charge is -2.15. The van der Waals surface area contributed by atoms with Crippen LogP contribution in [0.3, 0.4) is 0 Å². The van der Waals surface area contributed by atoms with E-state index < -0.39 is 0 Å². The molecule has 24 heavy (non-hydrogen) atoms. The van der Waals surface area contributed by atoms with Gasteiger partial charge in [-0.25, -0.2) is 0 Å². The first kappa shape index (κ1) is 18.3. The Labute approximate surface area is 148 Å². The lowest BCUT2D eigenvalue weighted by Crippen LogP contribution is -2.32. The summed E-state index contributed by atoms with van der Waals surface area (Å²) in [4.78, 5) is 13.9. The second-order valence-corrected chi connectivity index (χ2v) is 5.70. The molecule has 0 saturated carbocycles. The van der Waals surface area contributed by atoms with Crippen molar-refractivity contribution in [3.63, 3.8) is 0 Å². The topological polar surface area (TPSA) is 50.8 Å². The molecule has 1 aliphatic heterocycles. The summed E-state index contributed by atoms with van der Waals surface area (Å²) in [6.07, 6.45) is 3.35. The molecule has 1 N–H and O–H groups in total. The van der Waals surface area contributed by atoms with E-state index in [4.69, 9.17) is 21.7 Å². The summed E-state index contributed by atoms with van der Waals surface area (Å²) in [5.74, 6) is 1.42. The number of carbonyl (C=O) groups is 1. The summed E-state index contributed by atoms with van der Waals surface area (Å²) in [5, 5.41) is 3.44. The molecule has 0 spiro atoms. The van der Waals surface area contributed by atoms with Gasteiger partial charge in [0.1, 0.15) is 5.70 Å². The Hall–Kier alpha value is -2.08. The van der Waals surface area contributed by atoms with Gasteiger partial charge in [0.2, 0.25) is 0 Å². The molecule has 2 rings (SSSR count). The van der Waals surface area contributed by atoms with Crippen LogP contribution in [0.5, 0.6) is 11.5 Å². The molecule has 1 aromatic carbocycles. The molecule has 1 fully saturated rings. The third kappa shape index (κ3) is 4.26. The van der Waals surface area contributed by atoms with Crippen LogP contribution in [0.1, 0.15) is 32.8 Å². The third-order valence-electron chi connectivity index (χ3n) is 3.60. The van der Waals surface area contributed by atoms with Gasteiger partial charge in [-0.2, -0.15) is 0 Å². The highest BCUT2D eigenvalue weighted by Crippen LogP contribution is 2.29. The average molecular weight is 348 g/mol. The Morgan fingerprint density at radius 2 is 1.88 bits per heavy atom. The van der Waals surface area contributed by atoms with E-state index in [1.165, 1.54) is 0 Å². The van der Waals surface area contributed by atoms with Gasteiger partial charge in [0, 0.05) is 6.54 Å². The number of nitrogens with zero attached hydrogens (tertiary/aromatic N) is 1. The highest BCUT2D eigenvalue weighted by atomic mass is 32.1. The predicted octanol–water partition coefficient (Wildman–Crippen LogP) is 3.04. The van der Waals surface area contributed by atoms with Crippen molar-refractivity contribution in [2.45, 2.75) is 33.6 Å². The summed E-state index contributed by atoms with van der Waals surface area (Å²) in [7, 11) is 0. The first-order chi connectivity index (χ1) is 11.6. The van der Waals surface area contributed by atoms with Gasteiger partial charge in [0.25, 0.3) is 5.91 Å². The highest BCUT2D eigenvalue weighted by molar-refractivity contribution is 7.80. The minimum absolute atomic E-state index is 0.0576. The number of amides is 1. The Bertz CT molecular complexity index is 643. The summed E-state index contributed by atoms with van der Waals surface area (Å²) < 4.78 is 11.2. The van der Waals surface area contributed by atoms with Gasteiger partial charge in [0.15, 0.2) is 16.6 Å². The third-order valence-corrected chi connectivity index (χ3v) is 3.92. The van der Waals surface area contributed by atoms with Crippen LogP contribution in [0.2, 0.25) is 0 Å². The number of allylic oxidation sites excluding steroid dienone is 1. The minimum atomic E-state index is -0.0576. The molecule has 5 nitrogen and oxygen atoms in total. The molecule has 0 bridgehead atoms. The number of hydrogen-bond donors (Lipinski definition) is 1. The lowest BCUT2D eigenvalue weighted by atomic mass is 10.1. The molecule has 0 aliphatic carbocycles.